The molecule has 4 nitrogen and oxygen atoms in total. The Bertz CT molecular complexity index is 292. The van der Waals surface area contributed by atoms with E-state index in [1.165, 1.54) is 25.7 Å². The molecule has 4 fully saturated rings. The van der Waals surface area contributed by atoms with Gasteiger partial charge >= 0.3 is 12.4 Å². The van der Waals surface area contributed by atoms with Crippen LogP contribution in [0.25, 0.3) is 0 Å². The van der Waals surface area contributed by atoms with E-state index in [9.17, 15) is 9.59 Å². The summed E-state index contributed by atoms with van der Waals surface area (Å²) in [6, 6.07) is -0.378. The number of amides is 3. The Morgan fingerprint density at radius 2 is 1.56 bits per heavy atom. The molecular formula is C12H17N2O2. The van der Waals surface area contributed by atoms with Gasteiger partial charge in [0.05, 0.1) is 0 Å². The van der Waals surface area contributed by atoms with Crippen LogP contribution in [0.15, 0.2) is 0 Å². The van der Waals surface area contributed by atoms with Gasteiger partial charge in [0.25, 0.3) is 0 Å². The maximum absolute atomic E-state index is 11.4. The first kappa shape index (κ1) is 10.1. The van der Waals surface area contributed by atoms with Crippen LogP contribution in [-0.4, -0.2) is 18.0 Å². The number of hydrogen-bond donors (Lipinski definition) is 2. The molecule has 4 bridgehead atoms. The summed E-state index contributed by atoms with van der Waals surface area (Å²) in [4.78, 5) is 21.5. The van der Waals surface area contributed by atoms with E-state index in [1.807, 2.05) is 0 Å². The van der Waals surface area contributed by atoms with Crippen molar-refractivity contribution in [1.29, 1.82) is 0 Å². The maximum Gasteiger partial charge on any atom is 0.322 e. The van der Waals surface area contributed by atoms with E-state index in [2.05, 4.69) is 10.6 Å². The molecule has 1 radical (unpaired) electrons. The second-order valence-corrected chi connectivity index (χ2v) is 5.88. The van der Waals surface area contributed by atoms with Gasteiger partial charge in [-0.25, -0.2) is 4.79 Å². The molecule has 0 saturated heterocycles. The molecule has 0 heterocycles. The lowest BCUT2D eigenvalue weighted by Gasteiger charge is -2.56. The van der Waals surface area contributed by atoms with E-state index in [4.69, 9.17) is 0 Å². The van der Waals surface area contributed by atoms with E-state index >= 15 is 0 Å². The molecule has 4 aliphatic carbocycles. The third-order valence-corrected chi connectivity index (χ3v) is 4.58. The Hall–Kier alpha value is -1.06. The van der Waals surface area contributed by atoms with Gasteiger partial charge in [-0.1, -0.05) is 0 Å². The number of carbonyl (C=O) groups is 1. The van der Waals surface area contributed by atoms with Crippen LogP contribution in [0.4, 0.5) is 4.79 Å². The molecule has 3 amide bonds. The molecule has 0 unspecified atom stereocenters. The largest absolute Gasteiger partial charge is 0.332 e. The average Bonchev–Trinajstić information content (AvgIpc) is 2.13. The van der Waals surface area contributed by atoms with Crippen molar-refractivity contribution in [2.45, 2.75) is 44.1 Å². The average molecular weight is 221 g/mol. The Balaban J connectivity index is 1.73. The number of nitrogens with one attached hydrogen (secondary N) is 2. The second kappa shape index (κ2) is 3.47. The first-order valence-electron chi connectivity index (χ1n) is 6.14. The zero-order valence-electron chi connectivity index (χ0n) is 9.29. The summed E-state index contributed by atoms with van der Waals surface area (Å²) >= 11 is 0. The molecule has 0 aliphatic heterocycles. The predicted octanol–water partition coefficient (Wildman–Crippen LogP) is 1.32. The summed E-state index contributed by atoms with van der Waals surface area (Å²) in [7, 11) is 0. The van der Waals surface area contributed by atoms with Gasteiger partial charge in [-0.3, -0.25) is 10.1 Å². The van der Waals surface area contributed by atoms with E-state index in [0.29, 0.717) is 0 Å². The lowest BCUT2D eigenvalue weighted by Crippen LogP contribution is -2.61. The zero-order chi connectivity index (χ0) is 11.2. The SMILES string of the molecule is O=[C]NC(=O)NC12CC3CC(CC(C3)C1)C2. The zero-order valence-corrected chi connectivity index (χ0v) is 9.29. The minimum absolute atomic E-state index is 0.0182. The summed E-state index contributed by atoms with van der Waals surface area (Å²) in [6.45, 7) is 0. The van der Waals surface area contributed by atoms with Gasteiger partial charge in [-0.05, 0) is 56.3 Å². The molecule has 2 N–H and O–H groups in total. The number of urea groups is 1. The molecule has 0 spiro atoms. The maximum atomic E-state index is 11.4. The summed E-state index contributed by atoms with van der Waals surface area (Å²) in [5, 5.41) is 5.08. The van der Waals surface area contributed by atoms with E-state index in [-0.39, 0.29) is 11.6 Å². The summed E-state index contributed by atoms with van der Waals surface area (Å²) in [6.07, 6.45) is 8.79. The van der Waals surface area contributed by atoms with Crippen molar-refractivity contribution in [2.75, 3.05) is 0 Å². The smallest absolute Gasteiger partial charge is 0.322 e. The first-order chi connectivity index (χ1) is 7.69. The first-order valence-corrected chi connectivity index (χ1v) is 6.14. The van der Waals surface area contributed by atoms with E-state index in [1.54, 1.807) is 0 Å². The van der Waals surface area contributed by atoms with Gasteiger partial charge in [0.15, 0.2) is 0 Å². The molecule has 87 valence electrons. The van der Waals surface area contributed by atoms with Crippen LogP contribution >= 0.6 is 0 Å². The third-order valence-electron chi connectivity index (χ3n) is 4.58. The van der Waals surface area contributed by atoms with Crippen LogP contribution in [0, 0.1) is 17.8 Å². The quantitative estimate of drug-likeness (QED) is 0.691. The van der Waals surface area contributed by atoms with Crippen molar-refractivity contribution in [3.63, 3.8) is 0 Å². The molecule has 4 heteroatoms. The molecule has 4 rings (SSSR count). The molecule has 4 saturated carbocycles. The van der Waals surface area contributed by atoms with Crippen molar-refractivity contribution in [1.82, 2.24) is 10.6 Å². The molecule has 0 aromatic carbocycles. The molecule has 0 aromatic heterocycles. The minimum Gasteiger partial charge on any atom is -0.332 e. The predicted molar refractivity (Wildman–Crippen MR) is 58.3 cm³/mol. The summed E-state index contributed by atoms with van der Waals surface area (Å²) in [5.74, 6) is 2.39. The Morgan fingerprint density at radius 1 is 1.06 bits per heavy atom. The van der Waals surface area contributed by atoms with E-state index < -0.39 is 0 Å². The van der Waals surface area contributed by atoms with Crippen LogP contribution < -0.4 is 10.6 Å². The summed E-state index contributed by atoms with van der Waals surface area (Å²) < 4.78 is 0. The highest BCUT2D eigenvalue weighted by molar-refractivity contribution is 5.85. The minimum atomic E-state index is -0.378. The standard InChI is InChI=1S/C12H17N2O2/c15-7-13-11(16)14-12-4-8-1-9(5-12)3-10(2-8)6-12/h8-10H,1-6H2,(H2,13,14,15,16). The Morgan fingerprint density at radius 3 is 2.00 bits per heavy atom. The third kappa shape index (κ3) is 1.60. The van der Waals surface area contributed by atoms with Crippen LogP contribution in [0.5, 0.6) is 0 Å². The monoisotopic (exact) mass is 221 g/mol. The summed E-state index contributed by atoms with van der Waals surface area (Å²) in [5.41, 5.74) is -0.0182. The number of carbonyl (C=O) groups excluding carboxylic acids is 2. The van der Waals surface area contributed by atoms with Crippen molar-refractivity contribution in [3.8, 4) is 0 Å². The van der Waals surface area contributed by atoms with Crippen molar-refractivity contribution < 1.29 is 9.59 Å². The molecular weight excluding hydrogens is 204 g/mol. The van der Waals surface area contributed by atoms with Crippen molar-refractivity contribution in [2.24, 2.45) is 17.8 Å². The van der Waals surface area contributed by atoms with Gasteiger partial charge in [0.2, 0.25) is 0 Å². The van der Waals surface area contributed by atoms with Gasteiger partial charge in [-0.15, -0.1) is 0 Å². The highest BCUT2D eigenvalue weighted by Crippen LogP contribution is 2.55. The lowest BCUT2D eigenvalue weighted by atomic mass is 9.53. The Labute approximate surface area is 95.2 Å². The van der Waals surface area contributed by atoms with E-state index in [0.717, 1.165) is 37.0 Å². The molecule has 0 aromatic rings. The highest BCUT2D eigenvalue weighted by Gasteiger charge is 2.51. The molecule has 16 heavy (non-hydrogen) atoms. The normalized spacial score (nSPS) is 44.1. The van der Waals surface area contributed by atoms with Gasteiger partial charge in [0, 0.05) is 5.54 Å². The van der Waals surface area contributed by atoms with Gasteiger partial charge < -0.3 is 5.32 Å². The Kier molecular flexibility index (Phi) is 2.19. The van der Waals surface area contributed by atoms with Crippen LogP contribution in [-0.2, 0) is 4.79 Å². The fourth-order valence-electron chi connectivity index (χ4n) is 4.58. The molecule has 0 atom stereocenters. The second-order valence-electron chi connectivity index (χ2n) is 5.88. The van der Waals surface area contributed by atoms with Crippen LogP contribution in [0.3, 0.4) is 0 Å². The lowest BCUT2D eigenvalue weighted by molar-refractivity contribution is -0.0132. The van der Waals surface area contributed by atoms with Crippen molar-refractivity contribution >= 4 is 12.4 Å². The fourth-order valence-corrected chi connectivity index (χ4v) is 4.58. The number of rotatable bonds is 2. The molecule has 4 aliphatic rings. The topological polar surface area (TPSA) is 58.2 Å². The fraction of sp³-hybridized carbons (Fsp3) is 0.833. The number of hydrogen-bond acceptors (Lipinski definition) is 2. The van der Waals surface area contributed by atoms with Crippen molar-refractivity contribution in [3.05, 3.63) is 0 Å². The van der Waals surface area contributed by atoms with Crippen LogP contribution in [0.1, 0.15) is 38.5 Å². The van der Waals surface area contributed by atoms with Gasteiger partial charge in [0.1, 0.15) is 0 Å². The highest BCUT2D eigenvalue weighted by atomic mass is 16.2. The van der Waals surface area contributed by atoms with Crippen LogP contribution in [0.2, 0.25) is 0 Å². The number of imide groups is 1. The van der Waals surface area contributed by atoms with Gasteiger partial charge in [-0.2, -0.15) is 0 Å².